The zero-order valence-corrected chi connectivity index (χ0v) is 9.41. The van der Waals surface area contributed by atoms with Gasteiger partial charge in [-0.25, -0.2) is 0 Å². The van der Waals surface area contributed by atoms with E-state index >= 15 is 0 Å². The van der Waals surface area contributed by atoms with Crippen molar-refractivity contribution < 1.29 is 28.4 Å². The monoisotopic (exact) mass is 238 g/mol. The lowest BCUT2D eigenvalue weighted by molar-refractivity contribution is -0.147. The molecule has 7 heteroatoms. The van der Waals surface area contributed by atoms with Gasteiger partial charge in [0.15, 0.2) is 0 Å². The predicted octanol–water partition coefficient (Wildman–Crippen LogP) is -0.602. The van der Waals surface area contributed by atoms with E-state index in [-0.39, 0.29) is 6.61 Å². The van der Waals surface area contributed by atoms with Crippen LogP contribution in [0.3, 0.4) is 0 Å². The minimum Gasteiger partial charge on any atom is -0.481 e. The number of esters is 1. The van der Waals surface area contributed by atoms with Crippen LogP contribution >= 0.6 is 0 Å². The van der Waals surface area contributed by atoms with Crippen LogP contribution in [0.4, 0.5) is 0 Å². The molecule has 0 saturated carbocycles. The van der Waals surface area contributed by atoms with Crippen molar-refractivity contribution in [3.05, 3.63) is 0 Å². The van der Waals surface area contributed by atoms with Gasteiger partial charge in [0.05, 0.1) is 6.61 Å². The van der Waals surface area contributed by atoms with Crippen molar-refractivity contribution in [3.63, 3.8) is 0 Å². The molecule has 0 radical (unpaired) electrons. The average Bonchev–Trinajstić information content (AvgIpc) is 2.00. The smallest absolute Gasteiger partial charge is 0.318 e. The molecule has 15 heavy (non-hydrogen) atoms. The van der Waals surface area contributed by atoms with Crippen LogP contribution in [0.1, 0.15) is 6.92 Å². The molecule has 0 rings (SSSR count). The fraction of sp³-hybridized carbons (Fsp3) is 0.750. The second kappa shape index (κ2) is 7.36. The molecule has 6 nitrogen and oxygen atoms in total. The Morgan fingerprint density at radius 1 is 1.40 bits per heavy atom. The van der Waals surface area contributed by atoms with Gasteiger partial charge in [-0.2, -0.15) is 0 Å². The highest BCUT2D eigenvalue weighted by Crippen LogP contribution is 1.94. The summed E-state index contributed by atoms with van der Waals surface area (Å²) in [5.41, 5.74) is 0. The van der Waals surface area contributed by atoms with E-state index in [2.05, 4.69) is 0 Å². The normalized spacial score (nSPS) is 14.3. The summed E-state index contributed by atoms with van der Waals surface area (Å²) in [7, 11) is -0.250. The van der Waals surface area contributed by atoms with Crippen LogP contribution in [-0.2, 0) is 29.9 Å². The van der Waals surface area contributed by atoms with Gasteiger partial charge in [0.2, 0.25) is 0 Å². The molecule has 0 saturated heterocycles. The van der Waals surface area contributed by atoms with E-state index in [0.29, 0.717) is 0 Å². The quantitative estimate of drug-likeness (QED) is 0.595. The first kappa shape index (κ1) is 14.1. The van der Waals surface area contributed by atoms with E-state index in [4.69, 9.17) is 14.6 Å². The Morgan fingerprint density at radius 3 is 2.47 bits per heavy atom. The van der Waals surface area contributed by atoms with E-state index in [9.17, 15) is 13.8 Å². The zero-order valence-electron chi connectivity index (χ0n) is 8.60. The summed E-state index contributed by atoms with van der Waals surface area (Å²) in [6, 6.07) is 0. The van der Waals surface area contributed by atoms with Crippen molar-refractivity contribution in [1.29, 1.82) is 0 Å². The van der Waals surface area contributed by atoms with Crippen LogP contribution in [0.5, 0.6) is 0 Å². The molecule has 0 amide bonds. The second-order valence-electron chi connectivity index (χ2n) is 2.88. The number of rotatable bonds is 7. The number of carboxylic acids is 1. The number of aliphatic carboxylic acids is 1. The van der Waals surface area contributed by atoms with Crippen molar-refractivity contribution in [2.24, 2.45) is 0 Å². The zero-order chi connectivity index (χ0) is 11.8. The standard InChI is InChI=1S/C8H14O6S/c1-6(3-13-2)14-8(11)5-15(12)4-7(9)10/h6H,3-5H2,1-2H3,(H,9,10). The fourth-order valence-electron chi connectivity index (χ4n) is 0.847. The molecule has 0 aromatic carbocycles. The first-order chi connectivity index (χ1) is 6.95. The van der Waals surface area contributed by atoms with E-state index in [1.807, 2.05) is 0 Å². The van der Waals surface area contributed by atoms with Gasteiger partial charge in [-0.15, -0.1) is 0 Å². The summed E-state index contributed by atoms with van der Waals surface area (Å²) in [6.07, 6.45) is -0.427. The fourth-order valence-corrected chi connectivity index (χ4v) is 1.56. The van der Waals surface area contributed by atoms with Crippen molar-refractivity contribution >= 4 is 22.7 Å². The van der Waals surface area contributed by atoms with Gasteiger partial charge in [-0.05, 0) is 6.92 Å². The third kappa shape index (κ3) is 8.07. The molecular weight excluding hydrogens is 224 g/mol. The molecule has 0 aromatic rings. The maximum absolute atomic E-state index is 11.1. The van der Waals surface area contributed by atoms with Gasteiger partial charge in [0, 0.05) is 17.9 Å². The molecule has 0 spiro atoms. The highest BCUT2D eigenvalue weighted by molar-refractivity contribution is 7.86. The van der Waals surface area contributed by atoms with Crippen molar-refractivity contribution in [1.82, 2.24) is 0 Å². The largest absolute Gasteiger partial charge is 0.481 e. The van der Waals surface area contributed by atoms with E-state index < -0.39 is 40.3 Å². The number of ether oxygens (including phenoxy) is 2. The average molecular weight is 238 g/mol. The number of carboxylic acid groups (broad SMARTS) is 1. The van der Waals surface area contributed by atoms with Gasteiger partial charge in [0.25, 0.3) is 0 Å². The maximum Gasteiger partial charge on any atom is 0.318 e. The van der Waals surface area contributed by atoms with Gasteiger partial charge in [-0.1, -0.05) is 0 Å². The molecule has 0 aliphatic rings. The Hall–Kier alpha value is -0.950. The third-order valence-electron chi connectivity index (χ3n) is 1.30. The summed E-state index contributed by atoms with van der Waals surface area (Å²) < 4.78 is 20.5. The Balaban J connectivity index is 3.83. The SMILES string of the molecule is COCC(C)OC(=O)CS(=O)CC(=O)O. The molecule has 0 bridgehead atoms. The number of carbonyl (C=O) groups excluding carboxylic acids is 1. The first-order valence-electron chi connectivity index (χ1n) is 4.21. The molecule has 2 atom stereocenters. The maximum atomic E-state index is 11.1. The van der Waals surface area contributed by atoms with Crippen LogP contribution < -0.4 is 0 Å². The summed E-state index contributed by atoms with van der Waals surface area (Å²) in [5.74, 6) is -2.83. The Kier molecular flexibility index (Phi) is 6.89. The Bertz CT molecular complexity index is 252. The van der Waals surface area contributed by atoms with Gasteiger partial charge in [-0.3, -0.25) is 13.8 Å². The Morgan fingerprint density at radius 2 is 2.00 bits per heavy atom. The number of carbonyl (C=O) groups is 2. The topological polar surface area (TPSA) is 89.9 Å². The summed E-state index contributed by atoms with van der Waals surface area (Å²) in [5, 5.41) is 8.30. The molecule has 0 aliphatic carbocycles. The number of hydrogen-bond acceptors (Lipinski definition) is 5. The number of hydrogen-bond donors (Lipinski definition) is 1. The van der Waals surface area contributed by atoms with Crippen LogP contribution in [0.15, 0.2) is 0 Å². The minimum atomic E-state index is -1.72. The van der Waals surface area contributed by atoms with Crippen LogP contribution in [-0.4, -0.2) is 52.6 Å². The van der Waals surface area contributed by atoms with Crippen molar-refractivity contribution in [2.45, 2.75) is 13.0 Å². The minimum absolute atomic E-state index is 0.247. The number of methoxy groups -OCH3 is 1. The molecule has 88 valence electrons. The predicted molar refractivity (Wildman–Crippen MR) is 52.9 cm³/mol. The Labute approximate surface area is 90.0 Å². The molecule has 0 aliphatic heterocycles. The second-order valence-corrected chi connectivity index (χ2v) is 4.34. The van der Waals surface area contributed by atoms with Crippen molar-refractivity contribution in [3.8, 4) is 0 Å². The third-order valence-corrected chi connectivity index (χ3v) is 2.42. The molecule has 0 aromatic heterocycles. The molecular formula is C8H14O6S. The first-order valence-corrected chi connectivity index (χ1v) is 5.69. The van der Waals surface area contributed by atoms with E-state index in [1.54, 1.807) is 6.92 Å². The molecule has 0 heterocycles. The van der Waals surface area contributed by atoms with Crippen LogP contribution in [0.2, 0.25) is 0 Å². The van der Waals surface area contributed by atoms with E-state index in [0.717, 1.165) is 0 Å². The highest BCUT2D eigenvalue weighted by atomic mass is 32.2. The lowest BCUT2D eigenvalue weighted by Gasteiger charge is -2.11. The molecule has 1 N–H and O–H groups in total. The van der Waals surface area contributed by atoms with Gasteiger partial charge >= 0.3 is 11.9 Å². The van der Waals surface area contributed by atoms with Crippen LogP contribution in [0, 0.1) is 0 Å². The lowest BCUT2D eigenvalue weighted by atomic mass is 10.4. The molecule has 0 fully saturated rings. The van der Waals surface area contributed by atoms with Gasteiger partial charge < -0.3 is 14.6 Å². The lowest BCUT2D eigenvalue weighted by Crippen LogP contribution is -2.25. The van der Waals surface area contributed by atoms with Gasteiger partial charge in [0.1, 0.15) is 17.6 Å². The van der Waals surface area contributed by atoms with Crippen molar-refractivity contribution in [2.75, 3.05) is 25.2 Å². The van der Waals surface area contributed by atoms with E-state index in [1.165, 1.54) is 7.11 Å². The molecule has 2 unspecified atom stereocenters. The van der Waals surface area contributed by atoms with Crippen LogP contribution in [0.25, 0.3) is 0 Å². The highest BCUT2D eigenvalue weighted by Gasteiger charge is 2.14. The summed E-state index contributed by atoms with van der Waals surface area (Å²) in [4.78, 5) is 21.2. The summed E-state index contributed by atoms with van der Waals surface area (Å²) >= 11 is 0. The summed E-state index contributed by atoms with van der Waals surface area (Å²) in [6.45, 7) is 1.87.